The number of amides is 2. The minimum Gasteiger partial charge on any atom is -0.497 e. The Balaban J connectivity index is 1.26. The van der Waals surface area contributed by atoms with Gasteiger partial charge in [0.25, 0.3) is 0 Å². The summed E-state index contributed by atoms with van der Waals surface area (Å²) >= 11 is 1.66. The summed E-state index contributed by atoms with van der Waals surface area (Å²) < 4.78 is 6.44. The number of methoxy groups -OCH3 is 1. The average Bonchev–Trinajstić information content (AvgIpc) is 3.31. The molecule has 2 amide bonds. The van der Waals surface area contributed by atoms with Crippen LogP contribution in [0.4, 0.5) is 9.93 Å². The van der Waals surface area contributed by atoms with Gasteiger partial charge in [0.15, 0.2) is 5.13 Å². The van der Waals surface area contributed by atoms with E-state index in [0.29, 0.717) is 13.1 Å². The van der Waals surface area contributed by atoms with Crippen LogP contribution in [-0.4, -0.2) is 49.2 Å². The van der Waals surface area contributed by atoms with Gasteiger partial charge in [-0.15, -0.1) is 0 Å². The summed E-state index contributed by atoms with van der Waals surface area (Å²) in [5.74, 6) is 0.838. The number of rotatable bonds is 5. The van der Waals surface area contributed by atoms with Gasteiger partial charge in [0.2, 0.25) is 0 Å². The van der Waals surface area contributed by atoms with Crippen molar-refractivity contribution in [3.05, 3.63) is 90.0 Å². The van der Waals surface area contributed by atoms with Crippen molar-refractivity contribution in [2.45, 2.75) is 6.04 Å². The lowest BCUT2D eigenvalue weighted by molar-refractivity contribution is 0.192. The zero-order chi connectivity index (χ0) is 22.6. The second-order valence-corrected chi connectivity index (χ2v) is 9.02. The van der Waals surface area contributed by atoms with Gasteiger partial charge in [-0.05, 0) is 29.3 Å². The summed E-state index contributed by atoms with van der Waals surface area (Å²) in [6.07, 6.45) is 0. The van der Waals surface area contributed by atoms with Crippen LogP contribution >= 0.6 is 11.3 Å². The number of hydrogen-bond acceptors (Lipinski definition) is 5. The molecule has 1 aromatic heterocycles. The molecule has 2 heterocycles. The number of aromatic nitrogens is 1. The highest BCUT2D eigenvalue weighted by molar-refractivity contribution is 7.22. The first-order chi connectivity index (χ1) is 16.2. The van der Waals surface area contributed by atoms with E-state index in [9.17, 15) is 4.79 Å². The maximum absolute atomic E-state index is 13.2. The largest absolute Gasteiger partial charge is 0.497 e. The second kappa shape index (κ2) is 9.50. The van der Waals surface area contributed by atoms with Gasteiger partial charge in [-0.1, -0.05) is 72.0 Å². The van der Waals surface area contributed by atoms with Crippen LogP contribution in [0, 0.1) is 0 Å². The molecule has 0 unspecified atom stereocenters. The van der Waals surface area contributed by atoms with Crippen molar-refractivity contribution in [3.63, 3.8) is 0 Å². The molecule has 0 aliphatic carbocycles. The summed E-state index contributed by atoms with van der Waals surface area (Å²) in [7, 11) is 1.67. The van der Waals surface area contributed by atoms with Crippen LogP contribution in [0.5, 0.6) is 5.75 Å². The zero-order valence-electron chi connectivity index (χ0n) is 18.5. The number of nitrogens with zero attached hydrogens (tertiary/aromatic N) is 3. The quantitative estimate of drug-likeness (QED) is 0.461. The van der Waals surface area contributed by atoms with E-state index in [0.717, 1.165) is 45.3 Å². The van der Waals surface area contributed by atoms with Crippen LogP contribution in [-0.2, 0) is 0 Å². The van der Waals surface area contributed by atoms with E-state index in [2.05, 4.69) is 34.5 Å². The van der Waals surface area contributed by atoms with Gasteiger partial charge in [-0.3, -0.25) is 0 Å². The van der Waals surface area contributed by atoms with Crippen molar-refractivity contribution < 1.29 is 9.53 Å². The Hall–Kier alpha value is -3.58. The molecule has 6 nitrogen and oxygen atoms in total. The van der Waals surface area contributed by atoms with Crippen molar-refractivity contribution in [3.8, 4) is 5.75 Å². The highest BCUT2D eigenvalue weighted by atomic mass is 32.1. The smallest absolute Gasteiger partial charge is 0.318 e. The third-order valence-electron chi connectivity index (χ3n) is 5.96. The van der Waals surface area contributed by atoms with Crippen LogP contribution in [0.1, 0.15) is 17.2 Å². The highest BCUT2D eigenvalue weighted by Crippen LogP contribution is 2.32. The number of nitrogens with one attached hydrogen (secondary N) is 1. The lowest BCUT2D eigenvalue weighted by atomic mass is 9.99. The zero-order valence-corrected chi connectivity index (χ0v) is 19.3. The van der Waals surface area contributed by atoms with Crippen molar-refractivity contribution in [1.29, 1.82) is 0 Å². The average molecular weight is 459 g/mol. The standard InChI is InChI=1S/C26H26N4O2S/c1-32-21-12-13-22-23(18-21)33-26(27-22)30-16-14-29(15-17-30)25(31)28-24(19-8-4-2-5-9-19)20-10-6-3-7-11-20/h2-13,18,24H,14-17H2,1H3,(H,28,31). The fourth-order valence-corrected chi connectivity index (χ4v) is 5.17. The third kappa shape index (κ3) is 4.64. The first kappa shape index (κ1) is 21.3. The molecular formula is C26H26N4O2S. The van der Waals surface area contributed by atoms with Gasteiger partial charge in [-0.25, -0.2) is 9.78 Å². The Morgan fingerprint density at radius 3 is 2.18 bits per heavy atom. The Bertz CT molecular complexity index is 1180. The number of carbonyl (C=O) groups excluding carboxylic acids is 1. The van der Waals surface area contributed by atoms with Crippen molar-refractivity contribution in [2.24, 2.45) is 0 Å². The molecule has 1 aliphatic rings. The number of benzene rings is 3. The molecule has 33 heavy (non-hydrogen) atoms. The van der Waals surface area contributed by atoms with Crippen LogP contribution in [0.15, 0.2) is 78.9 Å². The van der Waals surface area contributed by atoms with Gasteiger partial charge >= 0.3 is 6.03 Å². The topological polar surface area (TPSA) is 57.7 Å². The number of anilines is 1. The first-order valence-electron chi connectivity index (χ1n) is 11.1. The van der Waals surface area contributed by atoms with Crippen LogP contribution in [0.2, 0.25) is 0 Å². The number of ether oxygens (including phenoxy) is 1. The Morgan fingerprint density at radius 2 is 1.58 bits per heavy atom. The predicted molar refractivity (Wildman–Crippen MR) is 133 cm³/mol. The minimum absolute atomic E-state index is 0.0404. The molecule has 1 N–H and O–H groups in total. The van der Waals surface area contributed by atoms with Gasteiger partial charge in [0.05, 0.1) is 23.4 Å². The number of thiazole rings is 1. The minimum atomic E-state index is -0.183. The normalized spacial score (nSPS) is 14.0. The maximum Gasteiger partial charge on any atom is 0.318 e. The number of piperazine rings is 1. The van der Waals surface area contributed by atoms with Gasteiger partial charge in [-0.2, -0.15) is 0 Å². The van der Waals surface area contributed by atoms with E-state index in [1.165, 1.54) is 0 Å². The molecule has 0 spiro atoms. The number of carbonyl (C=O) groups is 1. The van der Waals surface area contributed by atoms with Crippen LogP contribution in [0.25, 0.3) is 10.2 Å². The molecule has 0 bridgehead atoms. The molecule has 5 rings (SSSR count). The highest BCUT2D eigenvalue weighted by Gasteiger charge is 2.25. The van der Waals surface area contributed by atoms with Crippen molar-refractivity contribution in [1.82, 2.24) is 15.2 Å². The third-order valence-corrected chi connectivity index (χ3v) is 7.03. The molecule has 0 saturated carbocycles. The molecule has 3 aromatic carbocycles. The number of urea groups is 1. The number of fused-ring (bicyclic) bond motifs is 1. The predicted octanol–water partition coefficient (Wildman–Crippen LogP) is 4.93. The molecule has 0 atom stereocenters. The van der Waals surface area contributed by atoms with Crippen LogP contribution < -0.4 is 15.0 Å². The SMILES string of the molecule is COc1ccc2nc(N3CCN(C(=O)NC(c4ccccc4)c4ccccc4)CC3)sc2c1. The van der Waals surface area contributed by atoms with Gasteiger partial charge < -0.3 is 19.9 Å². The molecule has 4 aromatic rings. The van der Waals surface area contributed by atoms with Gasteiger partial charge in [0, 0.05) is 26.2 Å². The maximum atomic E-state index is 13.2. The summed E-state index contributed by atoms with van der Waals surface area (Å²) in [4.78, 5) is 22.1. The summed E-state index contributed by atoms with van der Waals surface area (Å²) in [6.45, 7) is 2.82. The van der Waals surface area contributed by atoms with E-state index in [1.807, 2.05) is 59.5 Å². The fraction of sp³-hybridized carbons (Fsp3) is 0.231. The summed E-state index contributed by atoms with van der Waals surface area (Å²) in [5.41, 5.74) is 3.12. The van der Waals surface area contributed by atoms with Crippen molar-refractivity contribution >= 4 is 32.7 Å². The second-order valence-electron chi connectivity index (χ2n) is 8.01. The van der Waals surface area contributed by atoms with Crippen molar-refractivity contribution in [2.75, 3.05) is 38.2 Å². The van der Waals surface area contributed by atoms with Gasteiger partial charge in [0.1, 0.15) is 5.75 Å². The molecule has 168 valence electrons. The summed E-state index contributed by atoms with van der Waals surface area (Å²) in [6, 6.07) is 25.9. The van der Waals surface area contributed by atoms with E-state index in [1.54, 1.807) is 18.4 Å². The lowest BCUT2D eigenvalue weighted by Gasteiger charge is -2.35. The fourth-order valence-electron chi connectivity index (χ4n) is 4.12. The van der Waals surface area contributed by atoms with Crippen LogP contribution in [0.3, 0.4) is 0 Å². The molecule has 1 fully saturated rings. The van der Waals surface area contributed by atoms with E-state index in [-0.39, 0.29) is 12.1 Å². The number of hydrogen-bond donors (Lipinski definition) is 1. The Morgan fingerprint density at radius 1 is 0.939 bits per heavy atom. The Labute approximate surface area is 197 Å². The molecule has 0 radical (unpaired) electrons. The molecule has 1 saturated heterocycles. The first-order valence-corrected chi connectivity index (χ1v) is 11.9. The van der Waals surface area contributed by atoms with E-state index >= 15 is 0 Å². The lowest BCUT2D eigenvalue weighted by Crippen LogP contribution is -2.52. The summed E-state index contributed by atoms with van der Waals surface area (Å²) in [5, 5.41) is 4.24. The molecular weight excluding hydrogens is 432 g/mol. The van der Waals surface area contributed by atoms with E-state index in [4.69, 9.17) is 9.72 Å². The Kier molecular flexibility index (Phi) is 6.13. The molecule has 7 heteroatoms. The monoisotopic (exact) mass is 458 g/mol. The van der Waals surface area contributed by atoms with E-state index < -0.39 is 0 Å². The molecule has 1 aliphatic heterocycles.